The number of hydrogen-bond donors (Lipinski definition) is 0. The monoisotopic (exact) mass is 441 g/mol. The number of hydrogen-bond acceptors (Lipinski definition) is 4. The summed E-state index contributed by atoms with van der Waals surface area (Å²) in [5.74, 6) is 0.912. The smallest absolute Gasteiger partial charge is 0.235 e. The highest BCUT2D eigenvalue weighted by Gasteiger charge is 2.28. The Morgan fingerprint density at radius 2 is 1.94 bits per heavy atom. The molecular weight excluding hydrogens is 406 g/mol. The maximum Gasteiger partial charge on any atom is 0.235 e. The number of amides is 1. The molecule has 2 atom stereocenters. The van der Waals surface area contributed by atoms with Crippen LogP contribution < -0.4 is 0 Å². The molecular formula is C25H35N3O2S. The number of piperidine rings is 1. The lowest BCUT2D eigenvalue weighted by molar-refractivity contribution is -0.131. The topological polar surface area (TPSA) is 47.4 Å². The van der Waals surface area contributed by atoms with Gasteiger partial charge in [0, 0.05) is 25.4 Å². The second-order valence-corrected chi connectivity index (χ2v) is 10.3. The second kappa shape index (κ2) is 10.2. The fourth-order valence-electron chi connectivity index (χ4n) is 4.69. The Labute approximate surface area is 190 Å². The van der Waals surface area contributed by atoms with Gasteiger partial charge in [-0.1, -0.05) is 42.1 Å². The molecule has 5 nitrogen and oxygen atoms in total. The number of benzene rings is 1. The Hall–Kier alpha value is -1.79. The molecule has 2 aliphatic heterocycles. The van der Waals surface area contributed by atoms with Gasteiger partial charge >= 0.3 is 0 Å². The van der Waals surface area contributed by atoms with Crippen molar-refractivity contribution < 1.29 is 9.53 Å². The van der Waals surface area contributed by atoms with Gasteiger partial charge in [-0.25, -0.2) is 4.98 Å². The Kier molecular flexibility index (Phi) is 7.39. The van der Waals surface area contributed by atoms with E-state index in [1.807, 2.05) is 6.92 Å². The van der Waals surface area contributed by atoms with Crippen LogP contribution in [-0.2, 0) is 22.5 Å². The molecule has 0 saturated carbocycles. The quantitative estimate of drug-likeness (QED) is 0.587. The van der Waals surface area contributed by atoms with Gasteiger partial charge in [0.15, 0.2) is 5.16 Å². The number of rotatable bonds is 7. The van der Waals surface area contributed by atoms with E-state index in [9.17, 15) is 4.79 Å². The molecule has 1 amide bonds. The normalized spacial score (nSPS) is 20.9. The van der Waals surface area contributed by atoms with E-state index in [4.69, 9.17) is 9.72 Å². The molecule has 31 heavy (non-hydrogen) atoms. The summed E-state index contributed by atoms with van der Waals surface area (Å²) < 4.78 is 8.10. The van der Waals surface area contributed by atoms with E-state index in [0.717, 1.165) is 69.2 Å². The van der Waals surface area contributed by atoms with E-state index in [-0.39, 0.29) is 17.3 Å². The molecule has 0 spiro atoms. The van der Waals surface area contributed by atoms with E-state index in [1.54, 1.807) is 11.8 Å². The third-order valence-corrected chi connectivity index (χ3v) is 7.83. The summed E-state index contributed by atoms with van der Waals surface area (Å²) in [5.41, 5.74) is 3.63. The molecule has 4 rings (SSSR count). The van der Waals surface area contributed by atoms with Gasteiger partial charge in [-0.15, -0.1) is 0 Å². The van der Waals surface area contributed by atoms with Crippen LogP contribution in [0.1, 0.15) is 49.6 Å². The van der Waals surface area contributed by atoms with Crippen molar-refractivity contribution in [3.05, 3.63) is 47.3 Å². The molecule has 0 radical (unpaired) electrons. The summed E-state index contributed by atoms with van der Waals surface area (Å²) >= 11 is 1.60. The fraction of sp³-hybridized carbons (Fsp3) is 0.600. The first-order chi connectivity index (χ1) is 15.0. The van der Waals surface area contributed by atoms with Gasteiger partial charge in [0.25, 0.3) is 0 Å². The molecule has 2 aliphatic rings. The molecule has 3 heterocycles. The van der Waals surface area contributed by atoms with Crippen molar-refractivity contribution in [3.8, 4) is 0 Å². The highest BCUT2D eigenvalue weighted by Crippen LogP contribution is 2.29. The Balaban J connectivity index is 1.32. The average Bonchev–Trinajstić information content (AvgIpc) is 3.39. The highest BCUT2D eigenvalue weighted by atomic mass is 32.2. The zero-order valence-corrected chi connectivity index (χ0v) is 19.9. The number of aromatic nitrogens is 2. The molecule has 2 fully saturated rings. The van der Waals surface area contributed by atoms with Gasteiger partial charge in [-0.2, -0.15) is 0 Å². The van der Waals surface area contributed by atoms with Crippen molar-refractivity contribution in [1.29, 1.82) is 0 Å². The van der Waals surface area contributed by atoms with Crippen LogP contribution in [0, 0.1) is 19.8 Å². The molecule has 2 saturated heterocycles. The minimum absolute atomic E-state index is 0.130. The van der Waals surface area contributed by atoms with Gasteiger partial charge in [-0.3, -0.25) is 4.79 Å². The number of carbonyl (C=O) groups excluding carboxylic acids is 1. The van der Waals surface area contributed by atoms with Gasteiger partial charge < -0.3 is 14.2 Å². The molecule has 1 aromatic heterocycles. The van der Waals surface area contributed by atoms with Crippen LogP contribution in [-0.4, -0.2) is 51.4 Å². The zero-order valence-electron chi connectivity index (χ0n) is 19.0. The van der Waals surface area contributed by atoms with Crippen LogP contribution in [0.4, 0.5) is 0 Å². The first-order valence-corrected chi connectivity index (χ1v) is 12.5. The number of likely N-dealkylation sites (tertiary alicyclic amines) is 1. The maximum atomic E-state index is 13.2. The van der Waals surface area contributed by atoms with Crippen molar-refractivity contribution in [2.45, 2.75) is 75.9 Å². The van der Waals surface area contributed by atoms with E-state index in [2.05, 4.69) is 53.6 Å². The van der Waals surface area contributed by atoms with Crippen LogP contribution in [0.5, 0.6) is 0 Å². The summed E-state index contributed by atoms with van der Waals surface area (Å²) in [6.07, 6.45) is 5.80. The van der Waals surface area contributed by atoms with Gasteiger partial charge in [-0.05, 0) is 64.4 Å². The number of thioether (sulfide) groups is 1. The van der Waals surface area contributed by atoms with E-state index in [1.165, 1.54) is 11.3 Å². The third kappa shape index (κ3) is 5.53. The second-order valence-electron chi connectivity index (χ2n) is 9.03. The van der Waals surface area contributed by atoms with Gasteiger partial charge in [0.05, 0.1) is 23.6 Å². The lowest BCUT2D eigenvalue weighted by Crippen LogP contribution is -2.42. The molecule has 2 aromatic rings. The predicted octanol–water partition coefficient (Wildman–Crippen LogP) is 4.64. The first-order valence-electron chi connectivity index (χ1n) is 11.7. The van der Waals surface area contributed by atoms with Crippen LogP contribution >= 0.6 is 11.8 Å². The molecule has 6 heteroatoms. The van der Waals surface area contributed by atoms with Crippen LogP contribution in [0.3, 0.4) is 0 Å². The average molecular weight is 442 g/mol. The summed E-state index contributed by atoms with van der Waals surface area (Å²) in [6, 6.07) is 10.7. The maximum absolute atomic E-state index is 13.2. The molecule has 0 aliphatic carbocycles. The van der Waals surface area contributed by atoms with Crippen molar-refractivity contribution in [3.63, 3.8) is 0 Å². The lowest BCUT2D eigenvalue weighted by atomic mass is 9.90. The van der Waals surface area contributed by atoms with E-state index in [0.29, 0.717) is 5.92 Å². The highest BCUT2D eigenvalue weighted by molar-refractivity contribution is 8.00. The number of carbonyl (C=O) groups is 1. The van der Waals surface area contributed by atoms with Crippen LogP contribution in [0.15, 0.2) is 35.5 Å². The van der Waals surface area contributed by atoms with Gasteiger partial charge in [0.1, 0.15) is 0 Å². The first kappa shape index (κ1) is 22.4. The van der Waals surface area contributed by atoms with Crippen molar-refractivity contribution in [2.75, 3.05) is 19.7 Å². The Morgan fingerprint density at radius 1 is 1.19 bits per heavy atom. The van der Waals surface area contributed by atoms with E-state index >= 15 is 0 Å². The van der Waals surface area contributed by atoms with Crippen molar-refractivity contribution >= 4 is 17.7 Å². The molecule has 0 N–H and O–H groups in total. The van der Waals surface area contributed by atoms with Crippen LogP contribution in [0.25, 0.3) is 0 Å². The predicted molar refractivity (Wildman–Crippen MR) is 125 cm³/mol. The largest absolute Gasteiger partial charge is 0.376 e. The standard InChI is InChI=1S/C25H35N3O2S/c1-18-19(2)28(17-23-10-7-15-30-23)25(26-18)31-20(3)24(29)27-13-11-22(12-14-27)16-21-8-5-4-6-9-21/h4-6,8-9,20,22-23H,7,10-17H2,1-3H3. The fourth-order valence-corrected chi connectivity index (χ4v) is 5.79. The van der Waals surface area contributed by atoms with Crippen LogP contribution in [0.2, 0.25) is 0 Å². The SMILES string of the molecule is Cc1nc(SC(C)C(=O)N2CCC(Cc3ccccc3)CC2)n(CC2CCCO2)c1C. The molecule has 168 valence electrons. The number of ether oxygens (including phenoxy) is 1. The minimum atomic E-state index is -0.130. The van der Waals surface area contributed by atoms with Crippen molar-refractivity contribution in [1.82, 2.24) is 14.5 Å². The number of aryl methyl sites for hydroxylation is 1. The molecule has 0 bridgehead atoms. The lowest BCUT2D eigenvalue weighted by Gasteiger charge is -2.33. The molecule has 2 unspecified atom stereocenters. The number of imidazole rings is 1. The summed E-state index contributed by atoms with van der Waals surface area (Å²) in [6.45, 7) is 9.61. The minimum Gasteiger partial charge on any atom is -0.376 e. The van der Waals surface area contributed by atoms with Gasteiger partial charge in [0.2, 0.25) is 5.91 Å². The van der Waals surface area contributed by atoms with Crippen molar-refractivity contribution in [2.24, 2.45) is 5.92 Å². The third-order valence-electron chi connectivity index (χ3n) is 6.76. The molecule has 1 aromatic carbocycles. The summed E-state index contributed by atoms with van der Waals surface area (Å²) in [7, 11) is 0. The number of nitrogens with zero attached hydrogens (tertiary/aromatic N) is 3. The Bertz CT molecular complexity index is 868. The zero-order chi connectivity index (χ0) is 21.8. The summed E-state index contributed by atoms with van der Waals surface area (Å²) in [4.78, 5) is 20.0. The summed E-state index contributed by atoms with van der Waals surface area (Å²) in [5, 5.41) is 0.820. The Morgan fingerprint density at radius 3 is 2.61 bits per heavy atom. The van der Waals surface area contributed by atoms with E-state index < -0.39 is 0 Å².